The number of anilines is 1. The fourth-order valence-electron chi connectivity index (χ4n) is 1.70. The molecule has 0 unspecified atom stereocenters. The predicted octanol–water partition coefficient (Wildman–Crippen LogP) is 4.14. The second kappa shape index (κ2) is 6.58. The maximum Gasteiger partial charge on any atom is 0.338 e. The zero-order valence-corrected chi connectivity index (χ0v) is 12.8. The van der Waals surface area contributed by atoms with Crippen LogP contribution < -0.4 is 10.5 Å². The highest BCUT2D eigenvalue weighted by atomic mass is 79.9. The Kier molecular flexibility index (Phi) is 4.80. The predicted molar refractivity (Wildman–Crippen MR) is 81.0 cm³/mol. The molecule has 4 nitrogen and oxygen atoms in total. The highest BCUT2D eigenvalue weighted by molar-refractivity contribution is 9.10. The van der Waals surface area contributed by atoms with Crippen molar-refractivity contribution in [2.45, 2.75) is 6.92 Å². The quantitative estimate of drug-likeness (QED) is 0.662. The van der Waals surface area contributed by atoms with Gasteiger partial charge in [-0.3, -0.25) is 0 Å². The lowest BCUT2D eigenvalue weighted by molar-refractivity contribution is 0.0526. The molecular weight excluding hydrogens is 341 g/mol. The maximum atomic E-state index is 13.3. The zero-order chi connectivity index (χ0) is 15.4. The molecule has 2 rings (SSSR count). The van der Waals surface area contributed by atoms with Gasteiger partial charge in [0, 0.05) is 10.5 Å². The third-order valence-electron chi connectivity index (χ3n) is 2.58. The van der Waals surface area contributed by atoms with E-state index in [9.17, 15) is 9.18 Å². The number of nitrogen functional groups attached to an aromatic ring is 1. The van der Waals surface area contributed by atoms with E-state index in [1.165, 1.54) is 24.3 Å². The monoisotopic (exact) mass is 353 g/mol. The summed E-state index contributed by atoms with van der Waals surface area (Å²) in [5.41, 5.74) is 6.44. The van der Waals surface area contributed by atoms with Gasteiger partial charge in [0.2, 0.25) is 0 Å². The van der Waals surface area contributed by atoms with Crippen molar-refractivity contribution < 1.29 is 18.7 Å². The molecule has 0 aliphatic heterocycles. The van der Waals surface area contributed by atoms with Gasteiger partial charge in [-0.05, 0) is 37.3 Å². The molecule has 2 aromatic carbocycles. The first-order valence-corrected chi connectivity index (χ1v) is 6.99. The van der Waals surface area contributed by atoms with E-state index in [0.29, 0.717) is 21.5 Å². The minimum atomic E-state index is -0.454. The first-order valence-electron chi connectivity index (χ1n) is 6.20. The SMILES string of the molecule is CCOC(=O)c1ccc(Oc2cc(F)cc(Br)c2)c(N)c1. The van der Waals surface area contributed by atoms with Crippen molar-refractivity contribution in [2.24, 2.45) is 0 Å². The smallest absolute Gasteiger partial charge is 0.338 e. The van der Waals surface area contributed by atoms with Crippen molar-refractivity contribution in [1.29, 1.82) is 0 Å². The number of rotatable bonds is 4. The number of esters is 1. The number of nitrogens with two attached hydrogens (primary N) is 1. The van der Waals surface area contributed by atoms with E-state index in [0.717, 1.165) is 0 Å². The Morgan fingerprint density at radius 1 is 1.29 bits per heavy atom. The Labute approximate surface area is 129 Å². The first kappa shape index (κ1) is 15.3. The van der Waals surface area contributed by atoms with Crippen LogP contribution in [0.2, 0.25) is 0 Å². The topological polar surface area (TPSA) is 61.5 Å². The molecule has 110 valence electrons. The van der Waals surface area contributed by atoms with Crippen molar-refractivity contribution >= 4 is 27.6 Å². The van der Waals surface area contributed by atoms with Crippen molar-refractivity contribution in [3.63, 3.8) is 0 Å². The van der Waals surface area contributed by atoms with Crippen LogP contribution in [-0.4, -0.2) is 12.6 Å². The van der Waals surface area contributed by atoms with E-state index in [-0.39, 0.29) is 12.3 Å². The highest BCUT2D eigenvalue weighted by Crippen LogP contribution is 2.30. The van der Waals surface area contributed by atoms with Gasteiger partial charge in [0.15, 0.2) is 0 Å². The van der Waals surface area contributed by atoms with Crippen LogP contribution in [-0.2, 0) is 4.74 Å². The molecule has 2 aromatic rings. The molecule has 0 saturated heterocycles. The summed E-state index contributed by atoms with van der Waals surface area (Å²) >= 11 is 3.18. The Morgan fingerprint density at radius 2 is 2.05 bits per heavy atom. The summed E-state index contributed by atoms with van der Waals surface area (Å²) in [5.74, 6) is -0.247. The van der Waals surface area contributed by atoms with Crippen LogP contribution in [0.1, 0.15) is 17.3 Å². The van der Waals surface area contributed by atoms with Crippen LogP contribution >= 0.6 is 15.9 Å². The summed E-state index contributed by atoms with van der Waals surface area (Å²) in [6.45, 7) is 2.01. The number of hydrogen-bond acceptors (Lipinski definition) is 4. The number of carbonyl (C=O) groups is 1. The normalized spacial score (nSPS) is 10.2. The first-order chi connectivity index (χ1) is 9.99. The molecule has 0 saturated carbocycles. The van der Waals surface area contributed by atoms with Crippen LogP contribution in [0.25, 0.3) is 0 Å². The molecular formula is C15H13BrFNO3. The van der Waals surface area contributed by atoms with Crippen LogP contribution in [0.5, 0.6) is 11.5 Å². The van der Waals surface area contributed by atoms with E-state index < -0.39 is 11.8 Å². The van der Waals surface area contributed by atoms with E-state index in [2.05, 4.69) is 15.9 Å². The van der Waals surface area contributed by atoms with Gasteiger partial charge in [0.1, 0.15) is 17.3 Å². The van der Waals surface area contributed by atoms with E-state index in [1.54, 1.807) is 19.1 Å². The number of benzene rings is 2. The van der Waals surface area contributed by atoms with Gasteiger partial charge in [-0.15, -0.1) is 0 Å². The Hall–Kier alpha value is -2.08. The summed E-state index contributed by atoms with van der Waals surface area (Å²) in [6.07, 6.45) is 0. The average molecular weight is 354 g/mol. The molecule has 0 amide bonds. The van der Waals surface area contributed by atoms with Gasteiger partial charge in [0.05, 0.1) is 17.9 Å². The van der Waals surface area contributed by atoms with Crippen LogP contribution in [0.3, 0.4) is 0 Å². The molecule has 0 atom stereocenters. The number of halogens is 2. The fraction of sp³-hybridized carbons (Fsp3) is 0.133. The third kappa shape index (κ3) is 3.95. The molecule has 2 N–H and O–H groups in total. The summed E-state index contributed by atoms with van der Waals surface area (Å²) in [7, 11) is 0. The molecule has 0 aromatic heterocycles. The van der Waals surface area contributed by atoms with Gasteiger partial charge in [-0.25, -0.2) is 9.18 Å². The molecule has 0 heterocycles. The average Bonchev–Trinajstić information content (AvgIpc) is 2.40. The Morgan fingerprint density at radius 3 is 2.67 bits per heavy atom. The summed E-state index contributed by atoms with van der Waals surface area (Å²) in [4.78, 5) is 11.6. The van der Waals surface area contributed by atoms with Gasteiger partial charge < -0.3 is 15.2 Å². The molecule has 0 spiro atoms. The highest BCUT2D eigenvalue weighted by Gasteiger charge is 2.10. The maximum absolute atomic E-state index is 13.3. The van der Waals surface area contributed by atoms with Gasteiger partial charge in [-0.1, -0.05) is 15.9 Å². The lowest BCUT2D eigenvalue weighted by Crippen LogP contribution is -2.05. The minimum Gasteiger partial charge on any atom is -0.462 e. The van der Waals surface area contributed by atoms with Crippen molar-refractivity contribution in [2.75, 3.05) is 12.3 Å². The van der Waals surface area contributed by atoms with Crippen molar-refractivity contribution in [3.05, 3.63) is 52.3 Å². The lowest BCUT2D eigenvalue weighted by Gasteiger charge is -2.10. The molecule has 0 fully saturated rings. The number of hydrogen-bond donors (Lipinski definition) is 1. The van der Waals surface area contributed by atoms with Crippen LogP contribution in [0.15, 0.2) is 40.9 Å². The van der Waals surface area contributed by atoms with Gasteiger partial charge in [-0.2, -0.15) is 0 Å². The summed E-state index contributed by atoms with van der Waals surface area (Å²) < 4.78 is 24.2. The standard InChI is InChI=1S/C15H13BrFNO3/c1-2-20-15(19)9-3-4-14(13(18)5-9)21-12-7-10(16)6-11(17)8-12/h3-8H,2,18H2,1H3. The van der Waals surface area contributed by atoms with E-state index in [1.807, 2.05) is 0 Å². The largest absolute Gasteiger partial charge is 0.462 e. The molecule has 0 aliphatic rings. The Balaban J connectivity index is 2.23. The number of carbonyl (C=O) groups excluding carboxylic acids is 1. The Bertz CT molecular complexity index is 656. The van der Waals surface area contributed by atoms with Gasteiger partial charge >= 0.3 is 5.97 Å². The zero-order valence-electron chi connectivity index (χ0n) is 11.2. The molecule has 0 radical (unpaired) electrons. The lowest BCUT2D eigenvalue weighted by atomic mass is 10.2. The van der Waals surface area contributed by atoms with E-state index in [4.69, 9.17) is 15.2 Å². The summed E-state index contributed by atoms with van der Waals surface area (Å²) in [5, 5.41) is 0. The number of ether oxygens (including phenoxy) is 2. The van der Waals surface area contributed by atoms with E-state index >= 15 is 0 Å². The van der Waals surface area contributed by atoms with Crippen molar-refractivity contribution in [1.82, 2.24) is 0 Å². The molecule has 6 heteroatoms. The van der Waals surface area contributed by atoms with Gasteiger partial charge in [0.25, 0.3) is 0 Å². The summed E-state index contributed by atoms with van der Waals surface area (Å²) in [6, 6.07) is 8.71. The second-order valence-electron chi connectivity index (χ2n) is 4.18. The van der Waals surface area contributed by atoms with Crippen LogP contribution in [0, 0.1) is 5.82 Å². The second-order valence-corrected chi connectivity index (χ2v) is 5.10. The third-order valence-corrected chi connectivity index (χ3v) is 3.04. The van der Waals surface area contributed by atoms with Crippen molar-refractivity contribution in [3.8, 4) is 11.5 Å². The molecule has 0 bridgehead atoms. The minimum absolute atomic E-state index is 0.265. The molecule has 21 heavy (non-hydrogen) atoms. The molecule has 0 aliphatic carbocycles. The fourth-order valence-corrected chi connectivity index (χ4v) is 2.14. The van der Waals surface area contributed by atoms with Crippen LogP contribution in [0.4, 0.5) is 10.1 Å².